The second kappa shape index (κ2) is 12.6. The van der Waals surface area contributed by atoms with E-state index >= 15 is 0 Å². The molecular formula is C36H34N2O6. The smallest absolute Gasteiger partial charge is 0.335 e. The van der Waals surface area contributed by atoms with E-state index in [0.717, 1.165) is 65.1 Å². The molecule has 6 rings (SSSR count). The number of rotatable bonds is 10. The third-order valence-corrected chi connectivity index (χ3v) is 8.29. The molecule has 0 atom stereocenters. The topological polar surface area (TPSA) is 102 Å². The molecule has 0 radical (unpaired) electrons. The molecule has 0 spiro atoms. The number of nitrogens with zero attached hydrogens (tertiary/aromatic N) is 2. The first-order chi connectivity index (χ1) is 21.4. The van der Waals surface area contributed by atoms with Crippen molar-refractivity contribution in [1.29, 1.82) is 0 Å². The Kier molecular flexibility index (Phi) is 8.32. The van der Waals surface area contributed by atoms with Crippen LogP contribution in [0.25, 0.3) is 22.1 Å². The highest BCUT2D eigenvalue weighted by Gasteiger charge is 2.22. The monoisotopic (exact) mass is 590 g/mol. The summed E-state index contributed by atoms with van der Waals surface area (Å²) < 4.78 is 17.4. The Labute approximate surface area is 255 Å². The molecule has 0 unspecified atom stereocenters. The number of hydrogen-bond donors (Lipinski definition) is 1. The van der Waals surface area contributed by atoms with Gasteiger partial charge in [-0.3, -0.25) is 4.79 Å². The lowest BCUT2D eigenvalue weighted by atomic mass is 9.97. The molecule has 2 aromatic heterocycles. The van der Waals surface area contributed by atoms with Gasteiger partial charge in [-0.25, -0.2) is 9.78 Å². The number of anilines is 1. The van der Waals surface area contributed by atoms with Crippen LogP contribution in [-0.4, -0.2) is 48.6 Å². The van der Waals surface area contributed by atoms with Gasteiger partial charge in [0.1, 0.15) is 22.9 Å². The van der Waals surface area contributed by atoms with E-state index in [1.165, 1.54) is 0 Å². The number of carboxylic acids is 1. The van der Waals surface area contributed by atoms with Gasteiger partial charge in [-0.15, -0.1) is 0 Å². The van der Waals surface area contributed by atoms with Gasteiger partial charge >= 0.3 is 5.97 Å². The molecule has 1 fully saturated rings. The zero-order valence-corrected chi connectivity index (χ0v) is 24.8. The number of aryl methyl sites for hydroxylation is 1. The second-order valence-corrected chi connectivity index (χ2v) is 11.2. The Morgan fingerprint density at radius 3 is 2.57 bits per heavy atom. The number of furan rings is 1. The zero-order chi connectivity index (χ0) is 30.6. The number of Topliss-reactive ketones (excluding diaryl/α,β-unsaturated/α-hetero) is 1. The van der Waals surface area contributed by atoms with E-state index in [1.54, 1.807) is 37.6 Å². The van der Waals surface area contributed by atoms with E-state index in [0.29, 0.717) is 29.6 Å². The summed E-state index contributed by atoms with van der Waals surface area (Å²) in [7, 11) is 1.66. The van der Waals surface area contributed by atoms with E-state index in [4.69, 9.17) is 13.9 Å². The third-order valence-electron chi connectivity index (χ3n) is 8.29. The number of carboxylic acid groups (broad SMARTS) is 1. The number of hydrogen-bond acceptors (Lipinski definition) is 7. The maximum absolute atomic E-state index is 13.3. The van der Waals surface area contributed by atoms with Crippen LogP contribution < -0.4 is 14.4 Å². The van der Waals surface area contributed by atoms with Gasteiger partial charge in [0.25, 0.3) is 0 Å². The van der Waals surface area contributed by atoms with E-state index in [-0.39, 0.29) is 17.8 Å². The van der Waals surface area contributed by atoms with Gasteiger partial charge in [-0.1, -0.05) is 36.4 Å². The fourth-order valence-corrected chi connectivity index (χ4v) is 5.77. The van der Waals surface area contributed by atoms with Crippen LogP contribution in [0, 0.1) is 12.8 Å². The van der Waals surface area contributed by atoms with Gasteiger partial charge in [-0.05, 0) is 79.3 Å². The van der Waals surface area contributed by atoms with Crippen molar-refractivity contribution in [3.8, 4) is 22.6 Å². The number of ketones is 1. The highest BCUT2D eigenvalue weighted by molar-refractivity contribution is 6.02. The molecule has 8 heteroatoms. The number of carbonyl (C=O) groups excluding carboxylic acids is 1. The predicted molar refractivity (Wildman–Crippen MR) is 169 cm³/mol. The maximum Gasteiger partial charge on any atom is 0.335 e. The molecule has 44 heavy (non-hydrogen) atoms. The summed E-state index contributed by atoms with van der Waals surface area (Å²) in [5.74, 6) is 1.97. The van der Waals surface area contributed by atoms with Crippen molar-refractivity contribution >= 4 is 28.5 Å². The normalized spacial score (nSPS) is 13.6. The fourth-order valence-electron chi connectivity index (χ4n) is 5.77. The minimum absolute atomic E-state index is 0.0817. The third kappa shape index (κ3) is 6.15. The van der Waals surface area contributed by atoms with Crippen molar-refractivity contribution in [2.24, 2.45) is 5.92 Å². The first kappa shape index (κ1) is 29.0. The van der Waals surface area contributed by atoms with Crippen molar-refractivity contribution in [2.75, 3.05) is 31.7 Å². The van der Waals surface area contributed by atoms with Gasteiger partial charge in [0.05, 0.1) is 19.3 Å². The Balaban J connectivity index is 1.05. The van der Waals surface area contributed by atoms with E-state index < -0.39 is 5.97 Å². The summed E-state index contributed by atoms with van der Waals surface area (Å²) in [6.07, 6.45) is 3.88. The number of benzene rings is 3. The molecule has 1 aliphatic rings. The Bertz CT molecular complexity index is 1800. The minimum Gasteiger partial charge on any atom is -0.496 e. The molecule has 224 valence electrons. The van der Waals surface area contributed by atoms with Crippen LogP contribution >= 0.6 is 0 Å². The van der Waals surface area contributed by atoms with E-state index in [2.05, 4.69) is 9.88 Å². The summed E-state index contributed by atoms with van der Waals surface area (Å²) in [6.45, 7) is 4.18. The number of methoxy groups -OCH3 is 1. The lowest BCUT2D eigenvalue weighted by molar-refractivity contribution is 0.0696. The molecular weight excluding hydrogens is 556 g/mol. The van der Waals surface area contributed by atoms with Crippen molar-refractivity contribution in [3.05, 3.63) is 108 Å². The summed E-state index contributed by atoms with van der Waals surface area (Å²) in [6, 6.07) is 24.3. The maximum atomic E-state index is 13.3. The van der Waals surface area contributed by atoms with Gasteiger partial charge in [0, 0.05) is 42.2 Å². The number of ether oxygens (including phenoxy) is 2. The lowest BCUT2D eigenvalue weighted by Gasteiger charge is -2.32. The van der Waals surface area contributed by atoms with Gasteiger partial charge in [-0.2, -0.15) is 0 Å². The highest BCUT2D eigenvalue weighted by atomic mass is 16.5. The summed E-state index contributed by atoms with van der Waals surface area (Å²) in [5.41, 5.74) is 4.55. The number of carbonyl (C=O) groups is 2. The number of aromatic carboxylic acids is 1. The summed E-state index contributed by atoms with van der Waals surface area (Å²) in [4.78, 5) is 31.4. The zero-order valence-electron chi connectivity index (χ0n) is 24.8. The standard InChI is InChI=1S/C36H34N2O6/c1-23-30-20-26(29-8-3-4-9-32(29)42-2)11-12-33(30)44-35(23)31(39)18-25-10-13-34(37-21-25)38-16-14-24(15-17-38)22-43-28-7-5-6-27(19-28)36(40)41/h3-13,19-21,24H,14-18,22H2,1-2H3,(H,40,41). The SMILES string of the molecule is COc1ccccc1-c1ccc2oc(C(=O)Cc3ccc(N4CCC(COc5cccc(C(=O)O)c5)CC4)nc3)c(C)c2c1. The van der Waals surface area contributed by atoms with Crippen LogP contribution in [0.2, 0.25) is 0 Å². The Morgan fingerprint density at radius 1 is 1.00 bits per heavy atom. The number of fused-ring (bicyclic) bond motifs is 1. The van der Waals surface area contributed by atoms with Crippen LogP contribution in [0.1, 0.15) is 44.9 Å². The molecule has 3 heterocycles. The number of piperidine rings is 1. The van der Waals surface area contributed by atoms with Crippen LogP contribution in [0.15, 0.2) is 89.5 Å². The molecule has 1 aliphatic heterocycles. The first-order valence-electron chi connectivity index (χ1n) is 14.8. The highest BCUT2D eigenvalue weighted by Crippen LogP contribution is 2.35. The second-order valence-electron chi connectivity index (χ2n) is 11.2. The van der Waals surface area contributed by atoms with Crippen LogP contribution in [-0.2, 0) is 6.42 Å². The van der Waals surface area contributed by atoms with Crippen molar-refractivity contribution < 1.29 is 28.6 Å². The average Bonchev–Trinajstić information content (AvgIpc) is 3.40. The number of pyridine rings is 1. The van der Waals surface area contributed by atoms with Crippen molar-refractivity contribution in [3.63, 3.8) is 0 Å². The number of aromatic nitrogens is 1. The van der Waals surface area contributed by atoms with Crippen LogP contribution in [0.3, 0.4) is 0 Å². The molecule has 1 saturated heterocycles. The first-order valence-corrected chi connectivity index (χ1v) is 14.8. The Morgan fingerprint density at radius 2 is 1.82 bits per heavy atom. The largest absolute Gasteiger partial charge is 0.496 e. The molecule has 3 aromatic carbocycles. The quantitative estimate of drug-likeness (QED) is 0.170. The summed E-state index contributed by atoms with van der Waals surface area (Å²) in [5, 5.41) is 10.1. The van der Waals surface area contributed by atoms with Gasteiger partial charge in [0.15, 0.2) is 5.76 Å². The molecule has 1 N–H and O–H groups in total. The van der Waals surface area contributed by atoms with Crippen molar-refractivity contribution in [1.82, 2.24) is 4.98 Å². The molecule has 8 nitrogen and oxygen atoms in total. The minimum atomic E-state index is -0.962. The molecule has 5 aromatic rings. The van der Waals surface area contributed by atoms with Gasteiger partial charge < -0.3 is 23.9 Å². The average molecular weight is 591 g/mol. The molecule has 0 aliphatic carbocycles. The van der Waals surface area contributed by atoms with Crippen LogP contribution in [0.4, 0.5) is 5.82 Å². The number of para-hydroxylation sites is 1. The predicted octanol–water partition coefficient (Wildman–Crippen LogP) is 7.23. The summed E-state index contributed by atoms with van der Waals surface area (Å²) >= 11 is 0. The molecule has 0 amide bonds. The fraction of sp³-hybridized carbons (Fsp3) is 0.250. The lowest BCUT2D eigenvalue weighted by Crippen LogP contribution is -2.36. The van der Waals surface area contributed by atoms with E-state index in [1.807, 2.05) is 61.5 Å². The van der Waals surface area contributed by atoms with E-state index in [9.17, 15) is 14.7 Å². The van der Waals surface area contributed by atoms with Crippen molar-refractivity contribution in [2.45, 2.75) is 26.2 Å². The molecule has 0 saturated carbocycles. The van der Waals surface area contributed by atoms with Crippen LogP contribution in [0.5, 0.6) is 11.5 Å². The Hall–Kier alpha value is -5.11. The van der Waals surface area contributed by atoms with Gasteiger partial charge in [0.2, 0.25) is 5.78 Å². The molecule has 0 bridgehead atoms.